The van der Waals surface area contributed by atoms with Crippen molar-refractivity contribution in [2.75, 3.05) is 18.9 Å². The lowest BCUT2D eigenvalue weighted by Gasteiger charge is -2.33. The lowest BCUT2D eigenvalue weighted by Crippen LogP contribution is -2.31. The Balaban J connectivity index is 1.92. The number of rotatable bonds is 3. The first-order chi connectivity index (χ1) is 10.1. The lowest BCUT2D eigenvalue weighted by molar-refractivity contribution is 0.0138. The van der Waals surface area contributed by atoms with Gasteiger partial charge in [-0.1, -0.05) is 22.9 Å². The summed E-state index contributed by atoms with van der Waals surface area (Å²) in [5.41, 5.74) is 7.65. The fourth-order valence-electron chi connectivity index (χ4n) is 2.60. The van der Waals surface area contributed by atoms with Gasteiger partial charge in [0.25, 0.3) is 0 Å². The summed E-state index contributed by atoms with van der Waals surface area (Å²) in [4.78, 5) is 0. The number of hydrogen-bond acceptors (Lipinski definition) is 5. The van der Waals surface area contributed by atoms with Crippen molar-refractivity contribution in [3.8, 4) is 11.4 Å². The SMILES string of the molecule is CC1(Cn2nnnc2-c2cc(N)ccc2Br)CCOCC1. The summed E-state index contributed by atoms with van der Waals surface area (Å²) in [5.74, 6) is 0.738. The highest BCUT2D eigenvalue weighted by atomic mass is 79.9. The minimum Gasteiger partial charge on any atom is -0.399 e. The third-order valence-corrected chi connectivity index (χ3v) is 4.69. The van der Waals surface area contributed by atoms with Crippen LogP contribution in [0.1, 0.15) is 19.8 Å². The zero-order chi connectivity index (χ0) is 14.9. The number of nitrogen functional groups attached to an aromatic ring is 1. The fourth-order valence-corrected chi connectivity index (χ4v) is 3.03. The van der Waals surface area contributed by atoms with E-state index in [1.165, 1.54) is 0 Å². The van der Waals surface area contributed by atoms with E-state index in [4.69, 9.17) is 10.5 Å². The summed E-state index contributed by atoms with van der Waals surface area (Å²) in [5, 5.41) is 12.2. The van der Waals surface area contributed by atoms with Gasteiger partial charge in [-0.05, 0) is 46.9 Å². The predicted molar refractivity (Wildman–Crippen MR) is 83.5 cm³/mol. The molecule has 0 amide bonds. The van der Waals surface area contributed by atoms with Crippen LogP contribution in [0.3, 0.4) is 0 Å². The van der Waals surface area contributed by atoms with Crippen LogP contribution in [0.4, 0.5) is 5.69 Å². The minimum atomic E-state index is 0.162. The van der Waals surface area contributed by atoms with Crippen molar-refractivity contribution in [1.29, 1.82) is 0 Å². The third kappa shape index (κ3) is 3.08. The Labute approximate surface area is 131 Å². The van der Waals surface area contributed by atoms with Crippen molar-refractivity contribution in [2.45, 2.75) is 26.3 Å². The van der Waals surface area contributed by atoms with Crippen LogP contribution in [-0.2, 0) is 11.3 Å². The Hall–Kier alpha value is -1.47. The molecule has 2 heterocycles. The van der Waals surface area contributed by atoms with E-state index in [2.05, 4.69) is 38.4 Å². The molecule has 3 rings (SSSR count). The maximum atomic E-state index is 5.88. The molecular formula is C14H18BrN5O. The topological polar surface area (TPSA) is 78.9 Å². The summed E-state index contributed by atoms with van der Waals surface area (Å²) in [6.07, 6.45) is 2.04. The molecule has 112 valence electrons. The highest BCUT2D eigenvalue weighted by Gasteiger charge is 2.29. The molecule has 0 saturated carbocycles. The van der Waals surface area contributed by atoms with Crippen LogP contribution < -0.4 is 5.73 Å². The number of tetrazole rings is 1. The van der Waals surface area contributed by atoms with E-state index in [1.54, 1.807) is 0 Å². The Kier molecular flexibility index (Phi) is 3.95. The molecule has 0 unspecified atom stereocenters. The van der Waals surface area contributed by atoms with Crippen molar-refractivity contribution < 1.29 is 4.74 Å². The van der Waals surface area contributed by atoms with Gasteiger partial charge in [-0.15, -0.1) is 5.10 Å². The zero-order valence-electron chi connectivity index (χ0n) is 11.9. The number of ether oxygens (including phenoxy) is 1. The quantitative estimate of drug-likeness (QED) is 0.859. The molecule has 1 aromatic heterocycles. The molecule has 1 aliphatic rings. The Morgan fingerprint density at radius 3 is 2.90 bits per heavy atom. The van der Waals surface area contributed by atoms with Crippen LogP contribution in [-0.4, -0.2) is 33.4 Å². The number of hydrogen-bond donors (Lipinski definition) is 1. The number of nitrogens with zero attached hydrogens (tertiary/aromatic N) is 4. The Morgan fingerprint density at radius 2 is 2.14 bits per heavy atom. The molecule has 1 saturated heterocycles. The molecule has 1 aliphatic heterocycles. The fraction of sp³-hybridized carbons (Fsp3) is 0.500. The first-order valence-electron chi connectivity index (χ1n) is 6.97. The Bertz CT molecular complexity index is 636. The summed E-state index contributed by atoms with van der Waals surface area (Å²) >= 11 is 3.54. The van der Waals surface area contributed by atoms with E-state index in [0.717, 1.165) is 48.5 Å². The maximum absolute atomic E-state index is 5.88. The Morgan fingerprint density at radius 1 is 1.38 bits per heavy atom. The first-order valence-corrected chi connectivity index (χ1v) is 7.76. The smallest absolute Gasteiger partial charge is 0.183 e. The van der Waals surface area contributed by atoms with Crippen molar-refractivity contribution in [1.82, 2.24) is 20.2 Å². The van der Waals surface area contributed by atoms with Gasteiger partial charge >= 0.3 is 0 Å². The van der Waals surface area contributed by atoms with Gasteiger partial charge in [0.2, 0.25) is 0 Å². The normalized spacial score (nSPS) is 17.8. The molecule has 0 atom stereocenters. The van der Waals surface area contributed by atoms with Crippen molar-refractivity contribution >= 4 is 21.6 Å². The maximum Gasteiger partial charge on any atom is 0.183 e. The largest absolute Gasteiger partial charge is 0.399 e. The minimum absolute atomic E-state index is 0.162. The van der Waals surface area contributed by atoms with E-state index < -0.39 is 0 Å². The van der Waals surface area contributed by atoms with Crippen LogP contribution in [0, 0.1) is 5.41 Å². The second-order valence-corrected chi connectivity index (χ2v) is 6.68. The van der Waals surface area contributed by atoms with Gasteiger partial charge in [0.05, 0.1) is 6.54 Å². The molecule has 0 radical (unpaired) electrons. The summed E-state index contributed by atoms with van der Waals surface area (Å²) in [7, 11) is 0. The molecular weight excluding hydrogens is 334 g/mol. The van der Waals surface area contributed by atoms with Crippen LogP contribution >= 0.6 is 15.9 Å². The van der Waals surface area contributed by atoms with Gasteiger partial charge in [-0.3, -0.25) is 0 Å². The number of benzene rings is 1. The molecule has 0 aliphatic carbocycles. The van der Waals surface area contributed by atoms with Gasteiger partial charge in [-0.25, -0.2) is 4.68 Å². The standard InChI is InChI=1S/C14H18BrN5O/c1-14(4-6-21-7-5-14)9-20-13(17-18-19-20)11-8-10(16)2-3-12(11)15/h2-3,8H,4-7,9,16H2,1H3. The monoisotopic (exact) mass is 351 g/mol. The molecule has 21 heavy (non-hydrogen) atoms. The van der Waals surface area contributed by atoms with Crippen molar-refractivity contribution in [2.24, 2.45) is 5.41 Å². The molecule has 2 N–H and O–H groups in total. The number of anilines is 1. The molecule has 7 heteroatoms. The van der Waals surface area contributed by atoms with Gasteiger partial charge in [0.15, 0.2) is 5.82 Å². The van der Waals surface area contributed by atoms with Crippen molar-refractivity contribution in [3.63, 3.8) is 0 Å². The van der Waals surface area contributed by atoms with Crippen LogP contribution in [0.15, 0.2) is 22.7 Å². The number of nitrogens with two attached hydrogens (primary N) is 1. The van der Waals surface area contributed by atoms with E-state index in [1.807, 2.05) is 22.9 Å². The van der Waals surface area contributed by atoms with E-state index in [0.29, 0.717) is 5.69 Å². The summed E-state index contributed by atoms with van der Waals surface area (Å²) < 4.78 is 8.25. The molecule has 2 aromatic rings. The molecule has 1 fully saturated rings. The van der Waals surface area contributed by atoms with E-state index >= 15 is 0 Å². The van der Waals surface area contributed by atoms with Crippen LogP contribution in [0.25, 0.3) is 11.4 Å². The predicted octanol–water partition coefficient (Wildman–Crippen LogP) is 2.50. The highest BCUT2D eigenvalue weighted by molar-refractivity contribution is 9.10. The average Bonchev–Trinajstić information content (AvgIpc) is 2.89. The zero-order valence-corrected chi connectivity index (χ0v) is 13.5. The second-order valence-electron chi connectivity index (χ2n) is 5.82. The molecule has 0 bridgehead atoms. The average molecular weight is 352 g/mol. The van der Waals surface area contributed by atoms with Gasteiger partial charge < -0.3 is 10.5 Å². The summed E-state index contributed by atoms with van der Waals surface area (Å²) in [6, 6.07) is 5.65. The third-order valence-electron chi connectivity index (χ3n) is 3.99. The molecule has 0 spiro atoms. The molecule has 1 aromatic carbocycles. The van der Waals surface area contributed by atoms with Gasteiger partial charge in [0.1, 0.15) is 0 Å². The second kappa shape index (κ2) is 5.73. The van der Waals surface area contributed by atoms with Crippen LogP contribution in [0.2, 0.25) is 0 Å². The van der Waals surface area contributed by atoms with Gasteiger partial charge in [0, 0.05) is 28.9 Å². The molecule has 6 nitrogen and oxygen atoms in total. The van der Waals surface area contributed by atoms with Gasteiger partial charge in [-0.2, -0.15) is 0 Å². The highest BCUT2D eigenvalue weighted by Crippen LogP contribution is 2.34. The number of aromatic nitrogens is 4. The van der Waals surface area contributed by atoms with Crippen molar-refractivity contribution in [3.05, 3.63) is 22.7 Å². The van der Waals surface area contributed by atoms with Crippen LogP contribution in [0.5, 0.6) is 0 Å². The number of halogens is 1. The summed E-state index contributed by atoms with van der Waals surface area (Å²) in [6.45, 7) is 4.64. The van der Waals surface area contributed by atoms with E-state index in [9.17, 15) is 0 Å². The lowest BCUT2D eigenvalue weighted by atomic mass is 9.82. The van der Waals surface area contributed by atoms with E-state index in [-0.39, 0.29) is 5.41 Å². The first kappa shape index (κ1) is 14.5.